The number of nitrogens with one attached hydrogen (secondary N) is 1. The van der Waals surface area contributed by atoms with Crippen molar-refractivity contribution >= 4 is 17.8 Å². The van der Waals surface area contributed by atoms with Gasteiger partial charge in [0, 0.05) is 24.6 Å². The maximum Gasteiger partial charge on any atom is 0.336 e. The van der Waals surface area contributed by atoms with Crippen LogP contribution in [0, 0.1) is 5.82 Å². The molecule has 2 rings (SSSR count). The van der Waals surface area contributed by atoms with Gasteiger partial charge >= 0.3 is 5.97 Å². The molecular weight excluding hydrogens is 375 g/mol. The molecule has 0 radical (unpaired) electrons. The minimum absolute atomic E-state index is 0.0141. The van der Waals surface area contributed by atoms with Crippen LogP contribution >= 0.6 is 0 Å². The highest BCUT2D eigenvalue weighted by atomic mass is 19.1. The molecule has 0 fully saturated rings. The van der Waals surface area contributed by atoms with Crippen molar-refractivity contribution in [1.29, 1.82) is 0 Å². The van der Waals surface area contributed by atoms with E-state index in [0.29, 0.717) is 23.4 Å². The van der Waals surface area contributed by atoms with Gasteiger partial charge in [0.1, 0.15) is 12.4 Å². The number of hydrogen-bond acceptors (Lipinski definition) is 4. The highest BCUT2D eigenvalue weighted by molar-refractivity contribution is 5.97. The number of unbranched alkanes of at least 4 members (excludes halogenated alkanes) is 2. The van der Waals surface area contributed by atoms with Crippen molar-refractivity contribution in [3.63, 3.8) is 0 Å². The number of amides is 2. The maximum atomic E-state index is 13.3. The molecule has 1 aliphatic heterocycles. The first kappa shape index (κ1) is 22.6. The smallest absolute Gasteiger partial charge is 0.336 e. The van der Waals surface area contributed by atoms with Crippen LogP contribution in [0.15, 0.2) is 35.5 Å². The van der Waals surface area contributed by atoms with Crippen molar-refractivity contribution < 1.29 is 23.5 Å². The standard InChI is InChI=1S/C22H29FN2O4/c1-4-6-7-12-24-19(26)14-25-15(3)21(22(28)29-5-2)18(13-20(25)27)16-8-10-17(23)11-9-16/h8-11,18H,4-7,12-14H2,1-3H3,(H,24,26)/t18-/m0/s1. The number of rotatable bonds is 9. The molecule has 0 saturated heterocycles. The average Bonchev–Trinajstić information content (AvgIpc) is 2.69. The fourth-order valence-corrected chi connectivity index (χ4v) is 3.46. The summed E-state index contributed by atoms with van der Waals surface area (Å²) >= 11 is 0. The second-order valence-corrected chi connectivity index (χ2v) is 7.06. The number of ether oxygens (including phenoxy) is 1. The fraction of sp³-hybridized carbons (Fsp3) is 0.500. The Bertz CT molecular complexity index is 774. The first-order valence-electron chi connectivity index (χ1n) is 10.1. The number of carbonyl (C=O) groups is 3. The summed E-state index contributed by atoms with van der Waals surface area (Å²) in [6.45, 7) is 6.03. The lowest BCUT2D eigenvalue weighted by Crippen LogP contribution is -2.44. The summed E-state index contributed by atoms with van der Waals surface area (Å²) in [6.07, 6.45) is 2.97. The Hall–Kier alpha value is -2.70. The van der Waals surface area contributed by atoms with Crippen LogP contribution < -0.4 is 5.32 Å². The van der Waals surface area contributed by atoms with Gasteiger partial charge in [-0.15, -0.1) is 0 Å². The molecule has 1 heterocycles. The van der Waals surface area contributed by atoms with E-state index in [1.54, 1.807) is 26.0 Å². The van der Waals surface area contributed by atoms with E-state index in [4.69, 9.17) is 4.74 Å². The molecule has 0 bridgehead atoms. The van der Waals surface area contributed by atoms with Crippen molar-refractivity contribution in [2.45, 2.75) is 52.4 Å². The summed E-state index contributed by atoms with van der Waals surface area (Å²) in [5.74, 6) is -1.98. The van der Waals surface area contributed by atoms with Gasteiger partial charge in [0.15, 0.2) is 0 Å². The fourth-order valence-electron chi connectivity index (χ4n) is 3.46. The average molecular weight is 404 g/mol. The second-order valence-electron chi connectivity index (χ2n) is 7.06. The van der Waals surface area contributed by atoms with Crippen LogP contribution in [0.3, 0.4) is 0 Å². The summed E-state index contributed by atoms with van der Waals surface area (Å²) in [5.41, 5.74) is 1.39. The Morgan fingerprint density at radius 1 is 1.21 bits per heavy atom. The Balaban J connectivity index is 2.27. The second kappa shape index (κ2) is 10.7. The first-order valence-corrected chi connectivity index (χ1v) is 10.1. The molecule has 0 saturated carbocycles. The zero-order valence-electron chi connectivity index (χ0n) is 17.3. The first-order chi connectivity index (χ1) is 13.9. The van der Waals surface area contributed by atoms with Gasteiger partial charge in [-0.25, -0.2) is 9.18 Å². The highest BCUT2D eigenvalue weighted by Gasteiger charge is 2.37. The summed E-state index contributed by atoms with van der Waals surface area (Å²) in [5, 5.41) is 2.81. The Morgan fingerprint density at radius 2 is 1.90 bits per heavy atom. The van der Waals surface area contributed by atoms with Crippen molar-refractivity contribution in [2.24, 2.45) is 0 Å². The maximum absolute atomic E-state index is 13.3. The molecule has 1 atom stereocenters. The lowest BCUT2D eigenvalue weighted by molar-refractivity contribution is -0.141. The van der Waals surface area contributed by atoms with Crippen molar-refractivity contribution in [3.05, 3.63) is 46.9 Å². The van der Waals surface area contributed by atoms with Gasteiger partial charge in [0.2, 0.25) is 11.8 Å². The molecule has 1 N–H and O–H groups in total. The van der Waals surface area contributed by atoms with Crippen molar-refractivity contribution in [2.75, 3.05) is 19.7 Å². The summed E-state index contributed by atoms with van der Waals surface area (Å²) < 4.78 is 18.5. The number of benzene rings is 1. The van der Waals surface area contributed by atoms with Crippen molar-refractivity contribution in [3.8, 4) is 0 Å². The van der Waals surface area contributed by atoms with Gasteiger partial charge in [-0.05, 0) is 38.0 Å². The van der Waals surface area contributed by atoms with Gasteiger partial charge in [-0.3, -0.25) is 9.59 Å². The van der Waals surface area contributed by atoms with Crippen molar-refractivity contribution in [1.82, 2.24) is 10.2 Å². The van der Waals surface area contributed by atoms with Crippen LogP contribution in [0.5, 0.6) is 0 Å². The minimum atomic E-state index is -0.536. The Morgan fingerprint density at radius 3 is 2.52 bits per heavy atom. The summed E-state index contributed by atoms with van der Waals surface area (Å²) in [4.78, 5) is 39.0. The van der Waals surface area contributed by atoms with E-state index in [1.165, 1.54) is 17.0 Å². The topological polar surface area (TPSA) is 75.7 Å². The van der Waals surface area contributed by atoms with Crippen LogP contribution in [0.4, 0.5) is 4.39 Å². The van der Waals surface area contributed by atoms with E-state index >= 15 is 0 Å². The minimum Gasteiger partial charge on any atom is -0.463 e. The lowest BCUT2D eigenvalue weighted by Gasteiger charge is -2.34. The number of esters is 1. The Kier molecular flexibility index (Phi) is 8.36. The largest absolute Gasteiger partial charge is 0.463 e. The number of carbonyl (C=O) groups excluding carboxylic acids is 3. The van der Waals surface area contributed by atoms with Crippen LogP contribution in [0.2, 0.25) is 0 Å². The molecule has 1 aromatic carbocycles. The molecule has 0 spiro atoms. The molecule has 0 aromatic heterocycles. The van der Waals surface area contributed by atoms with E-state index in [-0.39, 0.29) is 31.4 Å². The molecule has 1 aliphatic rings. The zero-order valence-corrected chi connectivity index (χ0v) is 17.3. The monoisotopic (exact) mass is 404 g/mol. The lowest BCUT2D eigenvalue weighted by atomic mass is 9.83. The van der Waals surface area contributed by atoms with E-state index in [9.17, 15) is 18.8 Å². The predicted octanol–water partition coefficient (Wildman–Crippen LogP) is 3.29. The molecule has 6 nitrogen and oxygen atoms in total. The van der Waals surface area contributed by atoms with Crippen LogP contribution in [0.1, 0.15) is 57.9 Å². The quantitative estimate of drug-likeness (QED) is 0.506. The van der Waals surface area contributed by atoms with Gasteiger partial charge < -0.3 is 15.0 Å². The number of nitrogens with zero attached hydrogens (tertiary/aromatic N) is 1. The van der Waals surface area contributed by atoms with Crippen LogP contribution in [-0.2, 0) is 19.1 Å². The molecule has 7 heteroatoms. The molecule has 29 heavy (non-hydrogen) atoms. The molecule has 0 unspecified atom stereocenters. The number of hydrogen-bond donors (Lipinski definition) is 1. The normalized spacial score (nSPS) is 16.8. The van der Waals surface area contributed by atoms with Gasteiger partial charge in [-0.2, -0.15) is 0 Å². The zero-order chi connectivity index (χ0) is 21.4. The molecule has 2 amide bonds. The highest BCUT2D eigenvalue weighted by Crippen LogP contribution is 2.37. The number of halogens is 1. The van der Waals surface area contributed by atoms with Gasteiger partial charge in [0.25, 0.3) is 0 Å². The molecular formula is C22H29FN2O4. The van der Waals surface area contributed by atoms with Gasteiger partial charge in [-0.1, -0.05) is 31.9 Å². The van der Waals surface area contributed by atoms with Crippen LogP contribution in [-0.4, -0.2) is 42.4 Å². The van der Waals surface area contributed by atoms with E-state index in [0.717, 1.165) is 19.3 Å². The molecule has 158 valence electrons. The number of allylic oxidation sites excluding steroid dienone is 1. The van der Waals surface area contributed by atoms with E-state index in [1.807, 2.05) is 0 Å². The predicted molar refractivity (Wildman–Crippen MR) is 107 cm³/mol. The SMILES string of the molecule is CCCCCNC(=O)CN1C(=O)C[C@@H](c2ccc(F)cc2)C(C(=O)OCC)=C1C. The molecule has 1 aromatic rings. The Labute approximate surface area is 171 Å². The summed E-state index contributed by atoms with van der Waals surface area (Å²) in [7, 11) is 0. The van der Waals surface area contributed by atoms with E-state index < -0.39 is 17.7 Å². The third-order valence-corrected chi connectivity index (χ3v) is 4.99. The van der Waals surface area contributed by atoms with E-state index in [2.05, 4.69) is 12.2 Å². The van der Waals surface area contributed by atoms with Crippen LogP contribution in [0.25, 0.3) is 0 Å². The molecule has 0 aliphatic carbocycles. The van der Waals surface area contributed by atoms with Gasteiger partial charge in [0.05, 0.1) is 12.2 Å². The summed E-state index contributed by atoms with van der Waals surface area (Å²) in [6, 6.07) is 5.73. The third kappa shape index (κ3) is 5.89. The third-order valence-electron chi connectivity index (χ3n) is 4.99.